The number of hydrogen-bond acceptors (Lipinski definition) is 8. The molecule has 0 spiro atoms. The molecule has 5 atom stereocenters. The minimum Gasteiger partial charge on any atom is -0.463 e. The van der Waals surface area contributed by atoms with E-state index in [0.29, 0.717) is 41.8 Å². The third-order valence-corrected chi connectivity index (χ3v) is 10.2. The molecule has 0 saturated carbocycles. The number of aliphatic hydroxyl groups is 1. The van der Waals surface area contributed by atoms with E-state index < -0.39 is 29.3 Å². The number of pyridine rings is 1. The van der Waals surface area contributed by atoms with Crippen molar-refractivity contribution in [2.24, 2.45) is 11.3 Å². The molecule has 2 N–H and O–H groups in total. The van der Waals surface area contributed by atoms with E-state index in [9.17, 15) is 13.9 Å². The molecule has 3 fully saturated rings. The summed E-state index contributed by atoms with van der Waals surface area (Å²) in [7, 11) is 2.02. The largest absolute Gasteiger partial charge is 0.463 e. The summed E-state index contributed by atoms with van der Waals surface area (Å²) in [6.45, 7) is 4.65. The fourth-order valence-corrected chi connectivity index (χ4v) is 7.70. The van der Waals surface area contributed by atoms with E-state index in [1.165, 1.54) is 0 Å². The molecule has 3 saturated heterocycles. The predicted octanol–water partition coefficient (Wildman–Crippen LogP) is 3.81. The lowest BCUT2D eigenvalue weighted by atomic mass is 9.73. The van der Waals surface area contributed by atoms with Gasteiger partial charge in [0.25, 0.3) is 0 Å². The van der Waals surface area contributed by atoms with Crippen molar-refractivity contribution in [2.75, 3.05) is 46.5 Å². The number of hydrogen-bond donors (Lipinski definition) is 2. The van der Waals surface area contributed by atoms with E-state index in [4.69, 9.17) is 11.2 Å². The summed E-state index contributed by atoms with van der Waals surface area (Å²) in [5.41, 5.74) is -0.443. The number of halogens is 3. The Morgan fingerprint density at radius 1 is 1.13 bits per heavy atom. The Kier molecular flexibility index (Phi) is 7.50. The number of nitrogens with one attached hydrogen (secondary N) is 1. The molecule has 7 rings (SSSR count). The van der Waals surface area contributed by atoms with Gasteiger partial charge in [0.05, 0.1) is 30.1 Å². The van der Waals surface area contributed by atoms with Crippen LogP contribution in [0.15, 0.2) is 30.6 Å². The maximum atomic E-state index is 15.5. The van der Waals surface area contributed by atoms with Gasteiger partial charge in [0.2, 0.25) is 0 Å². The number of aromatic nitrogens is 3. The number of piperidine rings is 1. The smallest absolute Gasteiger partial charge is 0.316 e. The highest BCUT2D eigenvalue weighted by Crippen LogP contribution is 2.43. The van der Waals surface area contributed by atoms with Crippen LogP contribution in [0.3, 0.4) is 0 Å². The van der Waals surface area contributed by atoms with E-state index in [1.54, 1.807) is 24.5 Å². The summed E-state index contributed by atoms with van der Waals surface area (Å²) in [4.78, 5) is 17.7. The number of ether oxygens (including phenoxy) is 1. The first-order valence-electron chi connectivity index (χ1n) is 15.5. The minimum absolute atomic E-state index is 0.0144. The molecule has 1 unspecified atom stereocenters. The number of piperazine rings is 1. The second kappa shape index (κ2) is 11.3. The lowest BCUT2D eigenvalue weighted by Gasteiger charge is -2.43. The number of benzene rings is 1. The lowest BCUT2D eigenvalue weighted by molar-refractivity contribution is 0.000306. The fraction of sp³-hybridized carbons (Fsp3) is 0.500. The molecule has 0 amide bonds. The van der Waals surface area contributed by atoms with Gasteiger partial charge in [-0.05, 0) is 50.9 Å². The SMILES string of the molecule is C#Cc1c(F)cc(F)c2c1C(N1C[C@H]3CC[C@@H](C1)N3)=CC(O)(c1cc3nc(OC[C@]4(C)CN(C)CC[C@@H]4CF)ncc3cn1)C2. The number of terminal acetylenes is 1. The second-order valence-electron chi connectivity index (χ2n) is 13.5. The molecule has 45 heavy (non-hydrogen) atoms. The van der Waals surface area contributed by atoms with E-state index in [1.807, 2.05) is 14.0 Å². The van der Waals surface area contributed by atoms with Crippen LogP contribution in [0, 0.1) is 35.3 Å². The van der Waals surface area contributed by atoms with Crippen LogP contribution in [-0.2, 0) is 12.0 Å². The molecule has 1 aliphatic carbocycles. The average Bonchev–Trinajstić information content (AvgIpc) is 3.36. The highest BCUT2D eigenvalue weighted by molar-refractivity contribution is 5.79. The average molecular weight is 619 g/mol. The molecule has 11 heteroatoms. The quantitative estimate of drug-likeness (QED) is 0.404. The molecule has 0 radical (unpaired) electrons. The Bertz CT molecular complexity index is 1720. The summed E-state index contributed by atoms with van der Waals surface area (Å²) < 4.78 is 50.4. The van der Waals surface area contributed by atoms with Crippen molar-refractivity contribution >= 4 is 16.6 Å². The zero-order chi connectivity index (χ0) is 31.5. The lowest BCUT2D eigenvalue weighted by Crippen LogP contribution is -2.51. The number of likely N-dealkylation sites (tertiary alicyclic amines) is 2. The van der Waals surface area contributed by atoms with Crippen LogP contribution >= 0.6 is 0 Å². The molecule has 3 aliphatic heterocycles. The van der Waals surface area contributed by atoms with Crippen LogP contribution in [0.1, 0.15) is 48.6 Å². The third-order valence-electron chi connectivity index (χ3n) is 10.2. The van der Waals surface area contributed by atoms with Gasteiger partial charge in [0, 0.05) is 84.2 Å². The topological polar surface area (TPSA) is 86.6 Å². The fourth-order valence-electron chi connectivity index (χ4n) is 7.70. The summed E-state index contributed by atoms with van der Waals surface area (Å²) in [5.74, 6) is 0.734. The van der Waals surface area contributed by atoms with Crippen LogP contribution in [0.25, 0.3) is 16.6 Å². The Morgan fingerprint density at radius 2 is 1.89 bits per heavy atom. The number of fused-ring (bicyclic) bond motifs is 4. The van der Waals surface area contributed by atoms with Crippen molar-refractivity contribution in [3.63, 3.8) is 0 Å². The molecule has 4 aliphatic rings. The molecule has 236 valence electrons. The van der Waals surface area contributed by atoms with Crippen molar-refractivity contribution in [2.45, 2.75) is 50.3 Å². The molecule has 1 aromatic carbocycles. The van der Waals surface area contributed by atoms with Gasteiger partial charge in [0.15, 0.2) is 0 Å². The highest BCUT2D eigenvalue weighted by Gasteiger charge is 2.43. The monoisotopic (exact) mass is 618 g/mol. The Labute approximate surface area is 260 Å². The zero-order valence-corrected chi connectivity index (χ0v) is 25.5. The van der Waals surface area contributed by atoms with Gasteiger partial charge in [-0.1, -0.05) is 12.8 Å². The van der Waals surface area contributed by atoms with Crippen molar-refractivity contribution in [1.82, 2.24) is 30.1 Å². The maximum Gasteiger partial charge on any atom is 0.316 e. The maximum absolute atomic E-state index is 15.5. The summed E-state index contributed by atoms with van der Waals surface area (Å²) >= 11 is 0. The van der Waals surface area contributed by atoms with E-state index in [-0.39, 0.29) is 53.9 Å². The van der Waals surface area contributed by atoms with Crippen LogP contribution in [0.2, 0.25) is 0 Å². The number of alkyl halides is 1. The van der Waals surface area contributed by atoms with Crippen molar-refractivity contribution in [3.8, 4) is 18.4 Å². The van der Waals surface area contributed by atoms with Crippen LogP contribution in [-0.4, -0.2) is 88.5 Å². The molecule has 5 heterocycles. The van der Waals surface area contributed by atoms with Crippen molar-refractivity contribution in [1.29, 1.82) is 0 Å². The van der Waals surface area contributed by atoms with Crippen molar-refractivity contribution in [3.05, 3.63) is 64.6 Å². The Morgan fingerprint density at radius 3 is 2.62 bits per heavy atom. The third kappa shape index (κ3) is 5.33. The number of nitrogens with zero attached hydrogens (tertiary/aromatic N) is 5. The first-order valence-corrected chi connectivity index (χ1v) is 15.5. The van der Waals surface area contributed by atoms with Crippen LogP contribution in [0.5, 0.6) is 6.01 Å². The van der Waals surface area contributed by atoms with Gasteiger partial charge in [0.1, 0.15) is 17.2 Å². The molecular weight excluding hydrogens is 581 g/mol. The van der Waals surface area contributed by atoms with E-state index in [0.717, 1.165) is 31.9 Å². The predicted molar refractivity (Wildman–Crippen MR) is 164 cm³/mol. The van der Waals surface area contributed by atoms with Crippen molar-refractivity contribution < 1.29 is 23.0 Å². The minimum atomic E-state index is -1.73. The molecule has 3 aromatic rings. The van der Waals surface area contributed by atoms with Gasteiger partial charge in [-0.15, -0.1) is 6.42 Å². The van der Waals surface area contributed by atoms with Gasteiger partial charge < -0.3 is 25.0 Å². The summed E-state index contributed by atoms with van der Waals surface area (Å²) in [5, 5.41) is 16.4. The molecular formula is C34H37F3N6O2. The van der Waals surface area contributed by atoms with Gasteiger partial charge in [-0.25, -0.2) is 13.8 Å². The van der Waals surface area contributed by atoms with Gasteiger partial charge >= 0.3 is 6.01 Å². The van der Waals surface area contributed by atoms with E-state index in [2.05, 4.69) is 36.0 Å². The highest BCUT2D eigenvalue weighted by atomic mass is 19.1. The van der Waals surface area contributed by atoms with Gasteiger partial charge in [-0.3, -0.25) is 9.37 Å². The molecule has 8 nitrogen and oxygen atoms in total. The first-order chi connectivity index (χ1) is 21.6. The standard InChI is InChI=1S/C34H37F3N6O2/c1-4-24-26(36)9-27(37)25-11-34(44,12-29(31(24)25)43-16-22-5-6-23(17-43)40-22)30-10-28-20(14-38-30)15-39-32(41-28)45-19-33(2)18-42(3)8-7-21(33)13-35/h1,9-10,12,14-15,21-23,40,44H,5-8,11,13,16-19H2,2-3H3/t21-,22-,23+,33+,34?/m1/s1. The van der Waals surface area contributed by atoms with E-state index >= 15 is 4.39 Å². The molecule has 2 bridgehead atoms. The second-order valence-corrected chi connectivity index (χ2v) is 13.5. The number of rotatable bonds is 6. The first kappa shape index (κ1) is 30.0. The Hall–Kier alpha value is -3.72. The zero-order valence-electron chi connectivity index (χ0n) is 25.5. The Balaban J connectivity index is 1.25. The normalized spacial score (nSPS) is 29.8. The van der Waals surface area contributed by atoms with Crippen LogP contribution in [0.4, 0.5) is 13.2 Å². The van der Waals surface area contributed by atoms with Gasteiger partial charge in [-0.2, -0.15) is 4.98 Å². The van der Waals surface area contributed by atoms with Crippen LogP contribution < -0.4 is 10.1 Å². The summed E-state index contributed by atoms with van der Waals surface area (Å²) in [6.07, 6.45) is 13.1. The summed E-state index contributed by atoms with van der Waals surface area (Å²) in [6, 6.07) is 3.05. The molecule has 2 aromatic heterocycles.